The second kappa shape index (κ2) is 5.98. The summed E-state index contributed by atoms with van der Waals surface area (Å²) in [6, 6.07) is 5.67. The van der Waals surface area contributed by atoms with Gasteiger partial charge in [0.25, 0.3) is 11.6 Å². The van der Waals surface area contributed by atoms with Crippen LogP contribution >= 0.6 is 0 Å². The molecule has 2 rings (SSSR count). The van der Waals surface area contributed by atoms with Crippen LogP contribution in [-0.2, 0) is 4.74 Å². The summed E-state index contributed by atoms with van der Waals surface area (Å²) in [5, 5.41) is 20.1. The first-order valence-corrected chi connectivity index (χ1v) is 6.31. The Hall–Kier alpha value is -1.99. The highest BCUT2D eigenvalue weighted by molar-refractivity contribution is 5.98. The van der Waals surface area contributed by atoms with Crippen molar-refractivity contribution in [3.8, 4) is 0 Å². The van der Waals surface area contributed by atoms with Gasteiger partial charge < -0.3 is 14.7 Å². The first-order valence-electron chi connectivity index (χ1n) is 6.31. The number of rotatable bonds is 3. The molecule has 7 heteroatoms. The first kappa shape index (κ1) is 14.4. The maximum absolute atomic E-state index is 12.5. The summed E-state index contributed by atoms with van der Waals surface area (Å²) >= 11 is 0. The molecule has 1 amide bonds. The van der Waals surface area contributed by atoms with Gasteiger partial charge in [0, 0.05) is 12.6 Å². The Labute approximate surface area is 115 Å². The molecule has 1 aliphatic heterocycles. The number of nitro groups is 1. The molecule has 1 N–H and O–H groups in total. The molecule has 7 nitrogen and oxygen atoms in total. The third-order valence-corrected chi connectivity index (χ3v) is 3.30. The number of para-hydroxylation sites is 1. The summed E-state index contributed by atoms with van der Waals surface area (Å²) in [5.41, 5.74) is -0.153. The predicted molar refractivity (Wildman–Crippen MR) is 70.4 cm³/mol. The molecule has 1 fully saturated rings. The van der Waals surface area contributed by atoms with E-state index in [-0.39, 0.29) is 30.4 Å². The topological polar surface area (TPSA) is 92.9 Å². The van der Waals surface area contributed by atoms with E-state index in [1.54, 1.807) is 13.0 Å². The second-order valence-electron chi connectivity index (χ2n) is 4.72. The van der Waals surface area contributed by atoms with Gasteiger partial charge in [-0.1, -0.05) is 12.1 Å². The maximum atomic E-state index is 12.5. The summed E-state index contributed by atoms with van der Waals surface area (Å²) in [6.07, 6.45) is -0.446. The highest BCUT2D eigenvalue weighted by Crippen LogP contribution is 2.22. The summed E-state index contributed by atoms with van der Waals surface area (Å²) in [6.45, 7) is 2.15. The smallest absolute Gasteiger partial charge is 0.282 e. The minimum Gasteiger partial charge on any atom is -0.394 e. The van der Waals surface area contributed by atoms with Crippen molar-refractivity contribution in [1.82, 2.24) is 4.90 Å². The number of ether oxygens (including phenoxy) is 1. The molecule has 1 aromatic carbocycles. The van der Waals surface area contributed by atoms with Gasteiger partial charge >= 0.3 is 0 Å². The molecule has 20 heavy (non-hydrogen) atoms. The van der Waals surface area contributed by atoms with E-state index in [9.17, 15) is 14.9 Å². The quantitative estimate of drug-likeness (QED) is 0.653. The predicted octanol–water partition coefficient (Wildman–Crippen LogP) is 0.817. The van der Waals surface area contributed by atoms with Gasteiger partial charge in [-0.05, 0) is 13.0 Å². The molecule has 1 saturated heterocycles. The number of aliphatic hydroxyl groups excluding tert-OH is 1. The number of carbonyl (C=O) groups is 1. The number of nitrogens with zero attached hydrogens (tertiary/aromatic N) is 2. The van der Waals surface area contributed by atoms with E-state index >= 15 is 0 Å². The van der Waals surface area contributed by atoms with Gasteiger partial charge in [-0.3, -0.25) is 14.9 Å². The minimum atomic E-state index is -0.568. The van der Waals surface area contributed by atoms with Gasteiger partial charge in [-0.25, -0.2) is 0 Å². The maximum Gasteiger partial charge on any atom is 0.282 e. The Morgan fingerprint density at radius 1 is 1.55 bits per heavy atom. The van der Waals surface area contributed by atoms with Crippen molar-refractivity contribution in [2.45, 2.75) is 19.1 Å². The van der Waals surface area contributed by atoms with Crippen molar-refractivity contribution in [3.63, 3.8) is 0 Å². The fourth-order valence-electron chi connectivity index (χ4n) is 2.18. The highest BCUT2D eigenvalue weighted by Gasteiger charge is 2.32. The van der Waals surface area contributed by atoms with Crippen LogP contribution in [-0.4, -0.2) is 52.7 Å². The summed E-state index contributed by atoms with van der Waals surface area (Å²) in [4.78, 5) is 24.4. The molecule has 0 saturated carbocycles. The van der Waals surface area contributed by atoms with Crippen molar-refractivity contribution in [2.24, 2.45) is 0 Å². The number of hydrogen-bond acceptors (Lipinski definition) is 5. The van der Waals surface area contributed by atoms with E-state index < -0.39 is 16.9 Å². The SMILES string of the molecule is CC1COC(CO)CN1C(=O)c1ccccc1[N+](=O)[O-]. The molecule has 108 valence electrons. The van der Waals surface area contributed by atoms with Crippen molar-refractivity contribution >= 4 is 11.6 Å². The van der Waals surface area contributed by atoms with E-state index in [2.05, 4.69) is 0 Å². The van der Waals surface area contributed by atoms with E-state index in [4.69, 9.17) is 9.84 Å². The Morgan fingerprint density at radius 3 is 2.90 bits per heavy atom. The van der Waals surface area contributed by atoms with E-state index in [0.717, 1.165) is 0 Å². The number of morpholine rings is 1. The molecule has 2 atom stereocenters. The van der Waals surface area contributed by atoms with E-state index in [1.807, 2.05) is 0 Å². The zero-order valence-electron chi connectivity index (χ0n) is 11.1. The van der Waals surface area contributed by atoms with Gasteiger partial charge in [-0.2, -0.15) is 0 Å². The van der Waals surface area contributed by atoms with Crippen LogP contribution in [0.2, 0.25) is 0 Å². The van der Waals surface area contributed by atoms with Gasteiger partial charge in [0.05, 0.1) is 30.3 Å². The average Bonchev–Trinajstić information content (AvgIpc) is 2.47. The standard InChI is InChI=1S/C13H16N2O5/c1-9-8-20-10(7-16)6-14(9)13(17)11-4-2-3-5-12(11)15(18)19/h2-5,9-10,16H,6-8H2,1H3. The molecule has 0 radical (unpaired) electrons. The molecule has 1 aromatic rings. The lowest BCUT2D eigenvalue weighted by Gasteiger charge is -2.37. The lowest BCUT2D eigenvalue weighted by Crippen LogP contribution is -2.52. The van der Waals surface area contributed by atoms with Crippen LogP contribution in [0.4, 0.5) is 5.69 Å². The lowest BCUT2D eigenvalue weighted by molar-refractivity contribution is -0.385. The molecule has 0 aliphatic carbocycles. The zero-order valence-corrected chi connectivity index (χ0v) is 11.1. The van der Waals surface area contributed by atoms with Crippen LogP contribution in [0.25, 0.3) is 0 Å². The third kappa shape index (κ3) is 2.78. The third-order valence-electron chi connectivity index (χ3n) is 3.30. The van der Waals surface area contributed by atoms with Gasteiger partial charge in [0.1, 0.15) is 5.56 Å². The van der Waals surface area contributed by atoms with E-state index in [1.165, 1.54) is 23.1 Å². The zero-order chi connectivity index (χ0) is 14.7. The first-order chi connectivity index (χ1) is 9.54. The normalized spacial score (nSPS) is 22.6. The number of benzene rings is 1. The van der Waals surface area contributed by atoms with Crippen LogP contribution in [0.15, 0.2) is 24.3 Å². The van der Waals surface area contributed by atoms with Crippen LogP contribution in [0, 0.1) is 10.1 Å². The number of carbonyl (C=O) groups excluding carboxylic acids is 1. The lowest BCUT2D eigenvalue weighted by atomic mass is 10.1. The molecule has 0 aromatic heterocycles. The monoisotopic (exact) mass is 280 g/mol. The van der Waals surface area contributed by atoms with Crippen molar-refractivity contribution in [3.05, 3.63) is 39.9 Å². The number of nitro benzene ring substituents is 1. The van der Waals surface area contributed by atoms with Gasteiger partial charge in [0.2, 0.25) is 0 Å². The molecule has 0 bridgehead atoms. The molecular formula is C13H16N2O5. The average molecular weight is 280 g/mol. The molecule has 1 heterocycles. The molecule has 0 spiro atoms. The van der Waals surface area contributed by atoms with Crippen molar-refractivity contribution in [1.29, 1.82) is 0 Å². The number of aliphatic hydroxyl groups is 1. The summed E-state index contributed by atoms with van der Waals surface area (Å²) < 4.78 is 5.36. The fourth-order valence-corrected chi connectivity index (χ4v) is 2.18. The Morgan fingerprint density at radius 2 is 2.25 bits per heavy atom. The van der Waals surface area contributed by atoms with Crippen LogP contribution in [0.3, 0.4) is 0 Å². The second-order valence-corrected chi connectivity index (χ2v) is 4.72. The van der Waals surface area contributed by atoms with Crippen LogP contribution in [0.5, 0.6) is 0 Å². The molecule has 2 unspecified atom stereocenters. The summed E-state index contributed by atoms with van der Waals surface area (Å²) in [7, 11) is 0. The Bertz CT molecular complexity index is 519. The van der Waals surface area contributed by atoms with Crippen molar-refractivity contribution < 1.29 is 19.6 Å². The van der Waals surface area contributed by atoms with Gasteiger partial charge in [-0.15, -0.1) is 0 Å². The van der Waals surface area contributed by atoms with Crippen LogP contribution < -0.4 is 0 Å². The largest absolute Gasteiger partial charge is 0.394 e. The molecule has 1 aliphatic rings. The van der Waals surface area contributed by atoms with Crippen molar-refractivity contribution in [2.75, 3.05) is 19.8 Å². The van der Waals surface area contributed by atoms with E-state index in [0.29, 0.717) is 6.61 Å². The fraction of sp³-hybridized carbons (Fsp3) is 0.462. The number of hydrogen-bond donors (Lipinski definition) is 1. The highest BCUT2D eigenvalue weighted by atomic mass is 16.6. The minimum absolute atomic E-state index is 0.0583. The Kier molecular flexibility index (Phi) is 4.31. The number of amides is 1. The Balaban J connectivity index is 2.28. The molecular weight excluding hydrogens is 264 g/mol. The summed E-state index contributed by atoms with van der Waals surface area (Å²) in [5.74, 6) is -0.411. The van der Waals surface area contributed by atoms with Crippen LogP contribution in [0.1, 0.15) is 17.3 Å². The van der Waals surface area contributed by atoms with Gasteiger partial charge in [0.15, 0.2) is 0 Å².